The Morgan fingerprint density at radius 1 is 1.40 bits per heavy atom. The molecule has 1 nitrogen and oxygen atoms in total. The molecule has 0 heterocycles. The number of hydrogen-bond donors (Lipinski definition) is 1. The van der Waals surface area contributed by atoms with Crippen molar-refractivity contribution in [2.24, 2.45) is 28.4 Å². The summed E-state index contributed by atoms with van der Waals surface area (Å²) < 4.78 is 0. The lowest BCUT2D eigenvalue weighted by Crippen LogP contribution is -2.51. The maximum absolute atomic E-state index is 6.19. The summed E-state index contributed by atoms with van der Waals surface area (Å²) in [6.45, 7) is 7.11. The average molecular weight is 205 g/mol. The third-order valence-electron chi connectivity index (χ3n) is 5.70. The molecule has 0 aromatic carbocycles. The second kappa shape index (κ2) is 2.68. The summed E-state index contributed by atoms with van der Waals surface area (Å²) in [5, 5.41) is 0. The minimum absolute atomic E-state index is 0.358. The van der Waals surface area contributed by atoms with Gasteiger partial charge in [0.15, 0.2) is 0 Å². The van der Waals surface area contributed by atoms with Crippen molar-refractivity contribution in [3.05, 3.63) is 11.6 Å². The van der Waals surface area contributed by atoms with Gasteiger partial charge in [-0.3, -0.25) is 0 Å². The van der Waals surface area contributed by atoms with Crippen LogP contribution in [0.3, 0.4) is 0 Å². The molecule has 0 aromatic rings. The van der Waals surface area contributed by atoms with Gasteiger partial charge in [-0.25, -0.2) is 0 Å². The van der Waals surface area contributed by atoms with Gasteiger partial charge < -0.3 is 5.73 Å². The second-order valence-corrected chi connectivity index (χ2v) is 6.65. The van der Waals surface area contributed by atoms with Gasteiger partial charge in [-0.1, -0.05) is 25.5 Å². The van der Waals surface area contributed by atoms with E-state index in [1.54, 1.807) is 5.57 Å². The van der Waals surface area contributed by atoms with E-state index in [0.717, 1.165) is 11.8 Å². The van der Waals surface area contributed by atoms with Gasteiger partial charge in [-0.05, 0) is 49.9 Å². The van der Waals surface area contributed by atoms with Crippen LogP contribution in [0.4, 0.5) is 0 Å². The molecule has 0 saturated heterocycles. The van der Waals surface area contributed by atoms with Crippen LogP contribution in [0.2, 0.25) is 0 Å². The fourth-order valence-corrected chi connectivity index (χ4v) is 4.05. The molecule has 1 heteroatoms. The first-order valence-corrected chi connectivity index (χ1v) is 6.44. The average Bonchev–Trinajstić information content (AvgIpc) is 2.98. The van der Waals surface area contributed by atoms with Crippen molar-refractivity contribution in [1.82, 2.24) is 0 Å². The first kappa shape index (κ1) is 9.89. The monoisotopic (exact) mass is 205 g/mol. The summed E-state index contributed by atoms with van der Waals surface area (Å²) in [6.07, 6.45) is 7.97. The summed E-state index contributed by atoms with van der Waals surface area (Å²) >= 11 is 0. The van der Waals surface area contributed by atoms with E-state index in [4.69, 9.17) is 5.73 Å². The first-order valence-electron chi connectivity index (χ1n) is 6.44. The zero-order valence-corrected chi connectivity index (χ0v) is 10.2. The maximum Gasteiger partial charge on any atom is 0.0105 e. The van der Waals surface area contributed by atoms with E-state index in [9.17, 15) is 0 Å². The standard InChI is InChI=1S/C14H23N/c1-9(15)14(6-7-14)11-5-4-10-8-12(11)13(10,2)3/h5,9-10,12H,4,6-8,15H2,1-3H3. The van der Waals surface area contributed by atoms with Crippen LogP contribution in [-0.2, 0) is 0 Å². The zero-order valence-electron chi connectivity index (χ0n) is 10.2. The van der Waals surface area contributed by atoms with Gasteiger partial charge in [0.1, 0.15) is 0 Å². The fourth-order valence-electron chi connectivity index (χ4n) is 4.05. The van der Waals surface area contributed by atoms with Gasteiger partial charge in [-0.15, -0.1) is 0 Å². The molecule has 84 valence electrons. The van der Waals surface area contributed by atoms with Crippen LogP contribution in [0.1, 0.15) is 46.5 Å². The lowest BCUT2D eigenvalue weighted by molar-refractivity contribution is -0.0157. The van der Waals surface area contributed by atoms with Gasteiger partial charge >= 0.3 is 0 Å². The largest absolute Gasteiger partial charge is 0.327 e. The fraction of sp³-hybridized carbons (Fsp3) is 0.857. The molecule has 3 unspecified atom stereocenters. The summed E-state index contributed by atoms with van der Waals surface area (Å²) in [5.41, 5.74) is 8.92. The molecule has 2 bridgehead atoms. The molecule has 4 rings (SSSR count). The van der Waals surface area contributed by atoms with Crippen molar-refractivity contribution in [3.8, 4) is 0 Å². The van der Waals surface area contributed by atoms with E-state index in [1.807, 2.05) is 0 Å². The topological polar surface area (TPSA) is 26.0 Å². The Bertz CT molecular complexity index is 320. The molecule has 2 N–H and O–H groups in total. The van der Waals surface area contributed by atoms with Gasteiger partial charge in [-0.2, -0.15) is 0 Å². The second-order valence-electron chi connectivity index (χ2n) is 6.65. The molecule has 0 aliphatic heterocycles. The van der Waals surface area contributed by atoms with Crippen molar-refractivity contribution in [1.29, 1.82) is 0 Å². The molecule has 0 aromatic heterocycles. The molecule has 3 atom stereocenters. The molecule has 0 amide bonds. The van der Waals surface area contributed by atoms with Crippen LogP contribution in [-0.4, -0.2) is 6.04 Å². The lowest BCUT2D eigenvalue weighted by Gasteiger charge is -2.58. The van der Waals surface area contributed by atoms with E-state index in [1.165, 1.54) is 25.7 Å². The van der Waals surface area contributed by atoms with Crippen molar-refractivity contribution < 1.29 is 0 Å². The van der Waals surface area contributed by atoms with Crippen molar-refractivity contribution in [3.63, 3.8) is 0 Å². The van der Waals surface area contributed by atoms with Crippen LogP contribution in [0.15, 0.2) is 11.6 Å². The van der Waals surface area contributed by atoms with Crippen molar-refractivity contribution in [2.75, 3.05) is 0 Å². The summed E-state index contributed by atoms with van der Waals surface area (Å²) in [4.78, 5) is 0. The molecule has 4 aliphatic rings. The number of fused-ring (bicyclic) bond motifs is 1. The Labute approximate surface area is 93.1 Å². The lowest BCUT2D eigenvalue weighted by atomic mass is 9.47. The summed E-state index contributed by atoms with van der Waals surface area (Å²) in [6, 6.07) is 0.358. The normalized spacial score (nSPS) is 41.5. The number of allylic oxidation sites excluding steroid dienone is 1. The smallest absolute Gasteiger partial charge is 0.0105 e. The Morgan fingerprint density at radius 3 is 2.47 bits per heavy atom. The quantitative estimate of drug-likeness (QED) is 0.689. The Hall–Kier alpha value is -0.300. The molecule has 15 heavy (non-hydrogen) atoms. The van der Waals surface area contributed by atoms with Crippen LogP contribution >= 0.6 is 0 Å². The molecular formula is C14H23N. The van der Waals surface area contributed by atoms with E-state index in [0.29, 0.717) is 16.9 Å². The van der Waals surface area contributed by atoms with Gasteiger partial charge in [0, 0.05) is 11.5 Å². The Morgan fingerprint density at radius 2 is 2.07 bits per heavy atom. The minimum atomic E-state index is 0.358. The third kappa shape index (κ3) is 1.08. The van der Waals surface area contributed by atoms with Gasteiger partial charge in [0.05, 0.1) is 0 Å². The molecular weight excluding hydrogens is 182 g/mol. The van der Waals surface area contributed by atoms with Gasteiger partial charge in [0.2, 0.25) is 0 Å². The highest BCUT2D eigenvalue weighted by Gasteiger charge is 2.59. The predicted octanol–water partition coefficient (Wildman–Crippen LogP) is 3.11. The summed E-state index contributed by atoms with van der Waals surface area (Å²) in [5.74, 6) is 1.81. The SMILES string of the molecule is CC(N)C1(C2=CCC3CC2C3(C)C)CC1. The minimum Gasteiger partial charge on any atom is -0.327 e. The van der Waals surface area contributed by atoms with E-state index in [2.05, 4.69) is 26.8 Å². The Balaban J connectivity index is 1.92. The summed E-state index contributed by atoms with van der Waals surface area (Å²) in [7, 11) is 0. The van der Waals surface area contributed by atoms with E-state index in [-0.39, 0.29) is 0 Å². The van der Waals surface area contributed by atoms with Crippen LogP contribution < -0.4 is 5.73 Å². The number of nitrogens with two attached hydrogens (primary N) is 1. The highest BCUT2D eigenvalue weighted by Crippen LogP contribution is 2.67. The number of hydrogen-bond acceptors (Lipinski definition) is 1. The Kier molecular flexibility index (Phi) is 1.77. The van der Waals surface area contributed by atoms with E-state index >= 15 is 0 Å². The van der Waals surface area contributed by atoms with Crippen LogP contribution in [0.25, 0.3) is 0 Å². The first-order chi connectivity index (χ1) is 6.98. The van der Waals surface area contributed by atoms with Crippen molar-refractivity contribution >= 4 is 0 Å². The highest BCUT2D eigenvalue weighted by atomic mass is 14.8. The van der Waals surface area contributed by atoms with Crippen LogP contribution in [0.5, 0.6) is 0 Å². The molecule has 2 saturated carbocycles. The molecule has 2 fully saturated rings. The van der Waals surface area contributed by atoms with E-state index < -0.39 is 0 Å². The van der Waals surface area contributed by atoms with Gasteiger partial charge in [0.25, 0.3) is 0 Å². The number of rotatable bonds is 2. The zero-order chi connectivity index (χ0) is 10.8. The third-order valence-corrected chi connectivity index (χ3v) is 5.70. The predicted molar refractivity (Wildman–Crippen MR) is 63.4 cm³/mol. The highest BCUT2D eigenvalue weighted by molar-refractivity contribution is 5.34. The van der Waals surface area contributed by atoms with Crippen LogP contribution in [0, 0.1) is 22.7 Å². The maximum atomic E-state index is 6.19. The molecule has 0 radical (unpaired) electrons. The molecule has 4 aliphatic carbocycles. The molecule has 0 spiro atoms. The van der Waals surface area contributed by atoms with Crippen molar-refractivity contribution in [2.45, 2.75) is 52.5 Å².